The van der Waals surface area contributed by atoms with E-state index in [1.807, 2.05) is 0 Å². The number of carbonyl (C=O) groups is 1. The lowest BCUT2D eigenvalue weighted by molar-refractivity contribution is -0.274. The quantitative estimate of drug-likeness (QED) is 0.524. The second kappa shape index (κ2) is 9.91. The van der Waals surface area contributed by atoms with Gasteiger partial charge in [0.25, 0.3) is 0 Å². The minimum absolute atomic E-state index is 0.130. The Bertz CT molecular complexity index is 415. The van der Waals surface area contributed by atoms with Gasteiger partial charge in [-0.2, -0.15) is 5.06 Å². The summed E-state index contributed by atoms with van der Waals surface area (Å²) in [5.41, 5.74) is -0.587. The normalized spacial score (nSPS) is 33.4. The van der Waals surface area contributed by atoms with E-state index in [0.717, 1.165) is 32.1 Å². The number of unbranched alkanes of at least 4 members (excludes halogenated alkanes) is 5. The smallest absolute Gasteiger partial charge is 0.220 e. The number of nitrogens with one attached hydrogen (secondary N) is 1. The third-order valence-electron chi connectivity index (χ3n) is 6.82. The van der Waals surface area contributed by atoms with Gasteiger partial charge in [-0.3, -0.25) is 4.79 Å². The number of piperidine rings is 1. The van der Waals surface area contributed by atoms with E-state index < -0.39 is 0 Å². The van der Waals surface area contributed by atoms with Crippen molar-refractivity contribution >= 4 is 5.91 Å². The van der Waals surface area contributed by atoms with Crippen molar-refractivity contribution in [1.29, 1.82) is 0 Å². The van der Waals surface area contributed by atoms with Crippen LogP contribution >= 0.6 is 0 Å². The van der Waals surface area contributed by atoms with Crippen LogP contribution in [0, 0.1) is 5.92 Å². The second-order valence-electron chi connectivity index (χ2n) is 8.56. The molecule has 25 heavy (non-hydrogen) atoms. The molecule has 0 aliphatic carbocycles. The molecule has 1 amide bonds. The van der Waals surface area contributed by atoms with Crippen molar-refractivity contribution in [1.82, 2.24) is 10.4 Å². The fraction of sp³-hybridized carbons (Fsp3) is 0.952. The second-order valence-corrected chi connectivity index (χ2v) is 8.56. The van der Waals surface area contributed by atoms with Crippen LogP contribution in [0.2, 0.25) is 0 Å². The molecular formula is C21H42N2O2. The van der Waals surface area contributed by atoms with Gasteiger partial charge in [0.2, 0.25) is 5.91 Å². The summed E-state index contributed by atoms with van der Waals surface area (Å²) in [6.45, 7) is 12.9. The highest BCUT2D eigenvalue weighted by molar-refractivity contribution is 5.76. The van der Waals surface area contributed by atoms with E-state index >= 15 is 0 Å². The topological polar surface area (TPSA) is 52.6 Å². The molecule has 1 rings (SSSR count). The molecule has 148 valence electrons. The van der Waals surface area contributed by atoms with Crippen LogP contribution in [0.15, 0.2) is 0 Å². The van der Waals surface area contributed by atoms with Crippen LogP contribution in [0.1, 0.15) is 106 Å². The first-order valence-electron chi connectivity index (χ1n) is 10.5. The molecule has 0 saturated carbocycles. The Morgan fingerprint density at radius 2 is 1.68 bits per heavy atom. The molecule has 4 atom stereocenters. The molecule has 1 fully saturated rings. The summed E-state index contributed by atoms with van der Waals surface area (Å²) in [5.74, 6) is 0.395. The van der Waals surface area contributed by atoms with Crippen LogP contribution in [0.3, 0.4) is 0 Å². The van der Waals surface area contributed by atoms with E-state index in [0.29, 0.717) is 6.42 Å². The fourth-order valence-electron chi connectivity index (χ4n) is 4.27. The maximum absolute atomic E-state index is 12.4. The van der Waals surface area contributed by atoms with Crippen LogP contribution in [0.5, 0.6) is 0 Å². The van der Waals surface area contributed by atoms with Crippen LogP contribution in [-0.4, -0.2) is 33.3 Å². The summed E-state index contributed by atoms with van der Waals surface area (Å²) in [6.07, 6.45) is 10.4. The van der Waals surface area contributed by atoms with Gasteiger partial charge < -0.3 is 10.5 Å². The van der Waals surface area contributed by atoms with Crippen molar-refractivity contribution in [3.63, 3.8) is 0 Å². The third kappa shape index (κ3) is 5.43. The highest BCUT2D eigenvalue weighted by atomic mass is 16.5. The van der Waals surface area contributed by atoms with Gasteiger partial charge in [0.15, 0.2) is 0 Å². The van der Waals surface area contributed by atoms with Gasteiger partial charge in [-0.1, -0.05) is 59.8 Å². The molecule has 1 saturated heterocycles. The van der Waals surface area contributed by atoms with E-state index in [-0.39, 0.29) is 28.9 Å². The fourth-order valence-corrected chi connectivity index (χ4v) is 4.27. The molecule has 4 unspecified atom stereocenters. The van der Waals surface area contributed by atoms with Crippen LogP contribution in [-0.2, 0) is 4.79 Å². The Hall–Kier alpha value is -0.610. The van der Waals surface area contributed by atoms with Crippen molar-refractivity contribution in [3.8, 4) is 0 Å². The van der Waals surface area contributed by atoms with E-state index in [1.165, 1.54) is 25.7 Å². The molecule has 0 spiro atoms. The predicted octanol–water partition coefficient (Wildman–Crippen LogP) is 5.29. The number of nitrogens with zero attached hydrogens (tertiary/aromatic N) is 1. The van der Waals surface area contributed by atoms with Crippen molar-refractivity contribution < 1.29 is 10.0 Å². The molecule has 1 aliphatic rings. The first kappa shape index (κ1) is 22.4. The molecule has 1 heterocycles. The Balaban J connectivity index is 2.60. The van der Waals surface area contributed by atoms with Gasteiger partial charge in [-0.25, -0.2) is 0 Å². The van der Waals surface area contributed by atoms with E-state index in [9.17, 15) is 10.0 Å². The number of amides is 1. The Morgan fingerprint density at radius 1 is 1.08 bits per heavy atom. The Morgan fingerprint density at radius 3 is 2.24 bits per heavy atom. The van der Waals surface area contributed by atoms with E-state index in [2.05, 4.69) is 46.9 Å². The number of hydrogen-bond acceptors (Lipinski definition) is 3. The maximum Gasteiger partial charge on any atom is 0.220 e. The lowest BCUT2D eigenvalue weighted by Gasteiger charge is -2.57. The Labute approximate surface area is 155 Å². The van der Waals surface area contributed by atoms with Crippen LogP contribution in [0.25, 0.3) is 0 Å². The summed E-state index contributed by atoms with van der Waals surface area (Å²) in [4.78, 5) is 12.4. The summed E-state index contributed by atoms with van der Waals surface area (Å²) in [6, 6.07) is 0.130. The number of carbonyl (C=O) groups excluding carboxylic acids is 1. The van der Waals surface area contributed by atoms with E-state index in [1.54, 1.807) is 5.06 Å². The maximum atomic E-state index is 12.4. The number of hydrogen-bond donors (Lipinski definition) is 2. The molecule has 0 aromatic heterocycles. The van der Waals surface area contributed by atoms with Crippen molar-refractivity contribution in [2.24, 2.45) is 5.92 Å². The van der Waals surface area contributed by atoms with Gasteiger partial charge in [0, 0.05) is 23.5 Å². The highest BCUT2D eigenvalue weighted by Crippen LogP contribution is 2.44. The highest BCUT2D eigenvalue weighted by Gasteiger charge is 2.52. The van der Waals surface area contributed by atoms with Gasteiger partial charge in [0.1, 0.15) is 0 Å². The monoisotopic (exact) mass is 354 g/mol. The zero-order valence-electron chi connectivity index (χ0n) is 17.5. The summed E-state index contributed by atoms with van der Waals surface area (Å²) in [5, 5.41) is 15.7. The zero-order chi connectivity index (χ0) is 19.1. The van der Waals surface area contributed by atoms with Crippen molar-refractivity contribution in [2.75, 3.05) is 0 Å². The van der Waals surface area contributed by atoms with Crippen molar-refractivity contribution in [3.05, 3.63) is 0 Å². The standard InChI is InChI=1S/C21H42N2O2/c1-7-10-11-12-13-14-15-19(24)22-18-16-20(5,8-2)23(25)21(6,9-3)17(18)4/h17-18,25H,7-16H2,1-6H3,(H,22,24). The molecule has 0 bridgehead atoms. The van der Waals surface area contributed by atoms with Gasteiger partial charge in [-0.05, 0) is 45.4 Å². The van der Waals surface area contributed by atoms with E-state index in [4.69, 9.17) is 0 Å². The lowest BCUT2D eigenvalue weighted by atomic mass is 9.68. The molecule has 1 aliphatic heterocycles. The van der Waals surface area contributed by atoms with Gasteiger partial charge >= 0.3 is 0 Å². The Kier molecular flexibility index (Phi) is 8.90. The first-order chi connectivity index (χ1) is 11.7. The summed E-state index contributed by atoms with van der Waals surface area (Å²) < 4.78 is 0. The average Bonchev–Trinajstić information content (AvgIpc) is 2.60. The average molecular weight is 355 g/mol. The lowest BCUT2D eigenvalue weighted by Crippen LogP contribution is -2.69. The van der Waals surface area contributed by atoms with Gasteiger partial charge in [-0.15, -0.1) is 0 Å². The summed E-state index contributed by atoms with van der Waals surface area (Å²) >= 11 is 0. The minimum Gasteiger partial charge on any atom is -0.353 e. The number of hydroxylamine groups is 2. The van der Waals surface area contributed by atoms with Crippen LogP contribution < -0.4 is 5.32 Å². The molecular weight excluding hydrogens is 312 g/mol. The summed E-state index contributed by atoms with van der Waals surface area (Å²) in [7, 11) is 0. The van der Waals surface area contributed by atoms with Gasteiger partial charge in [0.05, 0.1) is 0 Å². The predicted molar refractivity (Wildman–Crippen MR) is 105 cm³/mol. The largest absolute Gasteiger partial charge is 0.353 e. The number of rotatable bonds is 10. The molecule has 4 nitrogen and oxygen atoms in total. The SMILES string of the molecule is CCCCCCCCC(=O)NC1CC(C)(CC)N(O)C(C)(CC)C1C. The molecule has 4 heteroatoms. The molecule has 0 aromatic rings. The molecule has 0 aromatic carbocycles. The third-order valence-corrected chi connectivity index (χ3v) is 6.82. The minimum atomic E-state index is -0.304. The zero-order valence-corrected chi connectivity index (χ0v) is 17.5. The van der Waals surface area contributed by atoms with Crippen molar-refractivity contribution in [2.45, 2.75) is 123 Å². The molecule has 2 N–H and O–H groups in total. The van der Waals surface area contributed by atoms with Crippen LogP contribution in [0.4, 0.5) is 0 Å². The molecule has 0 radical (unpaired) electrons. The first-order valence-corrected chi connectivity index (χ1v) is 10.5.